The van der Waals surface area contributed by atoms with Crippen molar-refractivity contribution >= 4 is 17.2 Å². The fraction of sp³-hybridized carbons (Fsp3) is 0.429. The fourth-order valence-electron chi connectivity index (χ4n) is 4.23. The fourth-order valence-corrected chi connectivity index (χ4v) is 4.23. The van der Waals surface area contributed by atoms with Crippen LogP contribution in [0.3, 0.4) is 0 Å². The van der Waals surface area contributed by atoms with E-state index in [1.54, 1.807) is 16.9 Å². The van der Waals surface area contributed by atoms with Crippen LogP contribution in [0.1, 0.15) is 38.3 Å². The summed E-state index contributed by atoms with van der Waals surface area (Å²) in [5, 5.41) is 7.76. The zero-order chi connectivity index (χ0) is 22.3. The van der Waals surface area contributed by atoms with E-state index in [2.05, 4.69) is 37.0 Å². The van der Waals surface area contributed by atoms with Gasteiger partial charge in [0.15, 0.2) is 0 Å². The first-order chi connectivity index (χ1) is 15.4. The second-order valence-electron chi connectivity index (χ2n) is 7.94. The van der Waals surface area contributed by atoms with Gasteiger partial charge in [0.25, 0.3) is 0 Å². The number of ether oxygens (including phenoxy) is 1. The van der Waals surface area contributed by atoms with E-state index in [1.807, 2.05) is 29.1 Å². The molecule has 4 heterocycles. The number of hydrogen-bond acceptors (Lipinski definition) is 6. The number of anilines is 1. The number of nitrogens with zero attached hydrogens (tertiary/aromatic N) is 6. The molecule has 4 aromatic heterocycles. The maximum absolute atomic E-state index is 12.4. The Balaban J connectivity index is 1.32. The van der Waals surface area contributed by atoms with E-state index in [4.69, 9.17) is 0 Å². The lowest BCUT2D eigenvalue weighted by molar-refractivity contribution is -0.345. The predicted octanol–water partition coefficient (Wildman–Crippen LogP) is 4.26. The largest absolute Gasteiger partial charge is 0.522 e. The van der Waals surface area contributed by atoms with Crippen LogP contribution in [0.25, 0.3) is 22.4 Å². The van der Waals surface area contributed by atoms with Crippen molar-refractivity contribution in [2.24, 2.45) is 0 Å². The van der Waals surface area contributed by atoms with Crippen LogP contribution in [-0.2, 0) is 11.2 Å². The number of aryl methyl sites for hydroxylation is 1. The van der Waals surface area contributed by atoms with Crippen molar-refractivity contribution in [2.75, 3.05) is 5.32 Å². The molecule has 5 rings (SSSR count). The van der Waals surface area contributed by atoms with Gasteiger partial charge in [0.05, 0.1) is 24.0 Å². The average molecular weight is 445 g/mol. The summed E-state index contributed by atoms with van der Waals surface area (Å²) >= 11 is 0. The minimum Gasteiger partial charge on any atom is -0.350 e. The minimum atomic E-state index is -4.58. The molecule has 0 bridgehead atoms. The van der Waals surface area contributed by atoms with Crippen molar-refractivity contribution in [1.29, 1.82) is 0 Å². The number of nitrogens with one attached hydrogen (secondary N) is 1. The Morgan fingerprint density at radius 2 is 1.88 bits per heavy atom. The number of alkyl halides is 3. The summed E-state index contributed by atoms with van der Waals surface area (Å²) in [6.45, 7) is 2.07. The number of rotatable bonds is 5. The van der Waals surface area contributed by atoms with Crippen LogP contribution in [0, 0.1) is 0 Å². The molecule has 1 aliphatic carbocycles. The van der Waals surface area contributed by atoms with Gasteiger partial charge >= 0.3 is 6.36 Å². The molecule has 0 atom stereocenters. The molecule has 168 valence electrons. The van der Waals surface area contributed by atoms with E-state index < -0.39 is 12.5 Å². The smallest absolute Gasteiger partial charge is 0.350 e. The highest BCUT2D eigenvalue weighted by Gasteiger charge is 2.35. The third kappa shape index (κ3) is 4.12. The quantitative estimate of drug-likeness (QED) is 0.494. The molecule has 0 spiro atoms. The summed E-state index contributed by atoms with van der Waals surface area (Å²) in [4.78, 5) is 13.2. The van der Waals surface area contributed by atoms with E-state index in [9.17, 15) is 13.2 Å². The zero-order valence-corrected chi connectivity index (χ0v) is 17.4. The second kappa shape index (κ2) is 8.05. The Morgan fingerprint density at radius 1 is 1.09 bits per heavy atom. The number of aromatic nitrogens is 6. The van der Waals surface area contributed by atoms with Crippen LogP contribution in [0.5, 0.6) is 0 Å². The lowest BCUT2D eigenvalue weighted by Crippen LogP contribution is -2.33. The highest BCUT2D eigenvalue weighted by atomic mass is 19.4. The zero-order valence-electron chi connectivity index (χ0n) is 17.4. The molecule has 0 radical (unpaired) electrons. The van der Waals surface area contributed by atoms with Crippen molar-refractivity contribution in [2.45, 2.75) is 57.5 Å². The SMILES string of the molecule is CCc1cnc2ncc(-c3ccn4nc(NC5CCC(OC(F)(F)F)CC5)ncc34)cn12. The van der Waals surface area contributed by atoms with Crippen LogP contribution < -0.4 is 5.32 Å². The van der Waals surface area contributed by atoms with Gasteiger partial charge in [0.1, 0.15) is 0 Å². The van der Waals surface area contributed by atoms with Crippen LogP contribution in [0.4, 0.5) is 19.1 Å². The molecular weight excluding hydrogens is 423 g/mol. The summed E-state index contributed by atoms with van der Waals surface area (Å²) in [7, 11) is 0. The first-order valence-electron chi connectivity index (χ1n) is 10.6. The first kappa shape index (κ1) is 20.7. The highest BCUT2D eigenvalue weighted by Crippen LogP contribution is 2.29. The number of halogens is 3. The van der Waals surface area contributed by atoms with Crippen LogP contribution >= 0.6 is 0 Å². The van der Waals surface area contributed by atoms with E-state index in [1.165, 1.54) is 0 Å². The molecule has 1 fully saturated rings. The molecule has 0 aromatic carbocycles. The molecule has 4 aromatic rings. The molecule has 8 nitrogen and oxygen atoms in total. The van der Waals surface area contributed by atoms with Crippen molar-refractivity contribution in [1.82, 2.24) is 29.0 Å². The molecule has 0 unspecified atom stereocenters. The standard InChI is InChI=1S/C21H22F3N7O/c1-2-15-10-27-20-26-9-13(12-30(15)20)17-7-8-31-18(17)11-25-19(29-31)28-14-3-5-16(6-4-14)32-21(22,23)24/h7-12,14,16H,2-6H2,1H3,(H,28,29). The molecule has 1 aliphatic rings. The summed E-state index contributed by atoms with van der Waals surface area (Å²) < 4.78 is 45.0. The maximum Gasteiger partial charge on any atom is 0.522 e. The van der Waals surface area contributed by atoms with Crippen molar-refractivity contribution in [3.05, 3.63) is 42.7 Å². The topological polar surface area (TPSA) is 81.6 Å². The number of imidazole rings is 1. The molecule has 0 saturated heterocycles. The molecule has 0 aliphatic heterocycles. The van der Waals surface area contributed by atoms with Gasteiger partial charge in [-0.3, -0.25) is 9.14 Å². The van der Waals surface area contributed by atoms with Crippen LogP contribution in [0.15, 0.2) is 37.1 Å². The summed E-state index contributed by atoms with van der Waals surface area (Å²) in [6, 6.07) is 1.97. The first-order valence-corrected chi connectivity index (χ1v) is 10.6. The molecule has 0 amide bonds. The maximum atomic E-state index is 12.4. The van der Waals surface area contributed by atoms with Gasteiger partial charge in [-0.2, -0.15) is 0 Å². The van der Waals surface area contributed by atoms with Gasteiger partial charge < -0.3 is 5.32 Å². The van der Waals surface area contributed by atoms with Crippen molar-refractivity contribution in [3.8, 4) is 11.1 Å². The van der Waals surface area contributed by atoms with Crippen molar-refractivity contribution in [3.63, 3.8) is 0 Å². The third-order valence-corrected chi connectivity index (χ3v) is 5.84. The lowest BCUT2D eigenvalue weighted by atomic mass is 9.93. The van der Waals surface area contributed by atoms with E-state index >= 15 is 0 Å². The summed E-state index contributed by atoms with van der Waals surface area (Å²) in [5.74, 6) is 1.10. The van der Waals surface area contributed by atoms with Crippen molar-refractivity contribution < 1.29 is 17.9 Å². The van der Waals surface area contributed by atoms with Crippen LogP contribution in [0.2, 0.25) is 0 Å². The highest BCUT2D eigenvalue weighted by molar-refractivity contribution is 5.79. The van der Waals surface area contributed by atoms with E-state index in [0.717, 1.165) is 28.8 Å². The Morgan fingerprint density at radius 3 is 2.62 bits per heavy atom. The second-order valence-corrected chi connectivity index (χ2v) is 7.94. The molecule has 1 N–H and O–H groups in total. The Labute approximate surface area is 181 Å². The van der Waals surface area contributed by atoms with Gasteiger partial charge in [-0.05, 0) is 38.2 Å². The van der Waals surface area contributed by atoms with Gasteiger partial charge in [0, 0.05) is 41.5 Å². The monoisotopic (exact) mass is 445 g/mol. The third-order valence-electron chi connectivity index (χ3n) is 5.84. The van der Waals surface area contributed by atoms with Gasteiger partial charge in [0.2, 0.25) is 11.7 Å². The van der Waals surface area contributed by atoms with E-state index in [0.29, 0.717) is 37.4 Å². The van der Waals surface area contributed by atoms with Gasteiger partial charge in [-0.1, -0.05) is 6.92 Å². The number of fused-ring (bicyclic) bond motifs is 2. The van der Waals surface area contributed by atoms with Gasteiger partial charge in [-0.15, -0.1) is 18.3 Å². The average Bonchev–Trinajstić information content (AvgIpc) is 3.37. The molecular formula is C21H22F3N7O. The van der Waals surface area contributed by atoms with Crippen LogP contribution in [-0.4, -0.2) is 47.5 Å². The Hall–Kier alpha value is -3.21. The number of hydrogen-bond donors (Lipinski definition) is 1. The summed E-state index contributed by atoms with van der Waals surface area (Å²) in [6.07, 6.45) is 6.52. The van der Waals surface area contributed by atoms with Gasteiger partial charge in [-0.25, -0.2) is 19.5 Å². The Bertz CT molecular complexity index is 1240. The van der Waals surface area contributed by atoms with E-state index in [-0.39, 0.29) is 6.04 Å². The minimum absolute atomic E-state index is 0.0101. The molecule has 1 saturated carbocycles. The Kier molecular flexibility index (Phi) is 5.20. The molecule has 32 heavy (non-hydrogen) atoms. The predicted molar refractivity (Wildman–Crippen MR) is 111 cm³/mol. The normalized spacial score (nSPS) is 19.6. The summed E-state index contributed by atoms with van der Waals surface area (Å²) in [5.41, 5.74) is 3.79. The lowest BCUT2D eigenvalue weighted by Gasteiger charge is -2.29. The molecule has 11 heteroatoms.